The van der Waals surface area contributed by atoms with Crippen molar-refractivity contribution in [2.45, 2.75) is 103 Å². The van der Waals surface area contributed by atoms with E-state index in [9.17, 15) is 14.4 Å². The molecule has 56 heavy (non-hydrogen) atoms. The third kappa shape index (κ3) is 8.03. The van der Waals surface area contributed by atoms with Gasteiger partial charge in [-0.1, -0.05) is 57.6 Å². The van der Waals surface area contributed by atoms with Crippen LogP contribution in [0.15, 0.2) is 96.5 Å². The van der Waals surface area contributed by atoms with Gasteiger partial charge in [-0.2, -0.15) is 0 Å². The number of aryl methyl sites for hydroxylation is 1. The van der Waals surface area contributed by atoms with Crippen molar-refractivity contribution in [3.63, 3.8) is 0 Å². The first kappa shape index (κ1) is 38.0. The number of carbonyl (C=O) groups excluding carboxylic acids is 3. The summed E-state index contributed by atoms with van der Waals surface area (Å²) in [5.74, 6) is 3.63. The highest BCUT2D eigenvalue weighted by Gasteiger charge is 2.59. The predicted molar refractivity (Wildman–Crippen MR) is 212 cm³/mol. The summed E-state index contributed by atoms with van der Waals surface area (Å²) in [7, 11) is 1.78. The molecule has 4 saturated carbocycles. The Balaban J connectivity index is 0.843. The molecule has 4 fully saturated rings. The lowest BCUT2D eigenvalue weighted by molar-refractivity contribution is -0.0662. The molecule has 3 aromatic carbocycles. The van der Waals surface area contributed by atoms with Gasteiger partial charge in [0.2, 0.25) is 0 Å². The summed E-state index contributed by atoms with van der Waals surface area (Å²) in [5.41, 5.74) is 3.79. The fraction of sp³-hybridized carbons (Fsp3) is 0.479. The van der Waals surface area contributed by atoms with Gasteiger partial charge in [0, 0.05) is 17.6 Å². The second-order valence-corrected chi connectivity index (χ2v) is 16.5. The van der Waals surface area contributed by atoms with Gasteiger partial charge in [-0.25, -0.2) is 14.4 Å². The van der Waals surface area contributed by atoms with E-state index in [1.807, 2.05) is 24.5 Å². The first-order chi connectivity index (χ1) is 27.4. The van der Waals surface area contributed by atoms with Gasteiger partial charge in [-0.15, -0.1) is 0 Å². The predicted octanol–water partition coefficient (Wildman–Crippen LogP) is 10.5. The number of carbonyl (C=O) groups is 3. The molecule has 8 nitrogen and oxygen atoms in total. The zero-order valence-electron chi connectivity index (χ0n) is 32.7. The molecular formula is C48H54O8. The normalized spacial score (nSPS) is 27.5. The molecule has 8 atom stereocenters. The maximum absolute atomic E-state index is 13.4. The first-order valence-corrected chi connectivity index (χ1v) is 20.9. The van der Waals surface area contributed by atoms with Crippen LogP contribution < -0.4 is 9.47 Å². The van der Waals surface area contributed by atoms with Crippen LogP contribution in [0.2, 0.25) is 0 Å². The Morgan fingerprint density at radius 2 is 1.32 bits per heavy atom. The largest absolute Gasteiger partial charge is 0.497 e. The van der Waals surface area contributed by atoms with E-state index in [1.165, 1.54) is 62.5 Å². The van der Waals surface area contributed by atoms with E-state index in [4.69, 9.17) is 23.7 Å². The molecule has 0 bridgehead atoms. The van der Waals surface area contributed by atoms with Crippen LogP contribution >= 0.6 is 0 Å². The van der Waals surface area contributed by atoms with E-state index in [0.29, 0.717) is 51.9 Å². The summed E-state index contributed by atoms with van der Waals surface area (Å²) >= 11 is 0. The van der Waals surface area contributed by atoms with Crippen LogP contribution in [0.5, 0.6) is 11.5 Å². The molecular weight excluding hydrogens is 705 g/mol. The Kier molecular flexibility index (Phi) is 11.6. The van der Waals surface area contributed by atoms with Crippen molar-refractivity contribution in [3.05, 3.63) is 119 Å². The van der Waals surface area contributed by atoms with Crippen molar-refractivity contribution < 1.29 is 38.1 Å². The second-order valence-electron chi connectivity index (χ2n) is 16.5. The Morgan fingerprint density at radius 3 is 1.98 bits per heavy atom. The van der Waals surface area contributed by atoms with Gasteiger partial charge in [-0.05, 0) is 141 Å². The van der Waals surface area contributed by atoms with Gasteiger partial charge in [-0.3, -0.25) is 0 Å². The van der Waals surface area contributed by atoms with Crippen molar-refractivity contribution in [1.29, 1.82) is 0 Å². The minimum Gasteiger partial charge on any atom is -0.497 e. The van der Waals surface area contributed by atoms with Gasteiger partial charge < -0.3 is 23.7 Å². The van der Waals surface area contributed by atoms with Gasteiger partial charge in [0.15, 0.2) is 0 Å². The first-order valence-electron chi connectivity index (χ1n) is 20.9. The summed E-state index contributed by atoms with van der Waals surface area (Å²) in [5, 5.41) is 0. The standard InChI is InChI=1S/C48H54O8/c1-3-4-5-6-9-30-12-14-31(15-13-30)46(49)54-35-20-16-32(17-21-35)47(50)55-36-22-18-33(19-23-36)48(51)56-37-24-25-39-40(29-37)43-38-11-8-7-10-34(38)28-41(43)44-42(52-2)26-27-53-45(39)44/h12-23,26-27,34,37-41,43,45H,3-11,24-25,28-29H2,1-2H3. The van der Waals surface area contributed by atoms with Crippen LogP contribution in [0, 0.1) is 35.5 Å². The molecule has 3 aromatic rings. The molecule has 8 heteroatoms. The number of fused-ring (bicyclic) bond motifs is 8. The smallest absolute Gasteiger partial charge is 0.343 e. The topological polar surface area (TPSA) is 97.4 Å². The Labute approximate surface area is 330 Å². The molecule has 0 spiro atoms. The number of benzene rings is 3. The van der Waals surface area contributed by atoms with E-state index in [1.54, 1.807) is 67.8 Å². The SMILES string of the molecule is CCCCCCc1ccc(C(=O)Oc2ccc(C(=O)Oc3ccc(C(=O)OC4CCC5C6OC=CC(OC)=C6C6CC7CCCCC7C6C5C4)cc3)cc2)cc1. The van der Waals surface area contributed by atoms with E-state index >= 15 is 0 Å². The highest BCUT2D eigenvalue weighted by atomic mass is 16.5. The third-order valence-electron chi connectivity index (χ3n) is 13.3. The van der Waals surface area contributed by atoms with Crippen molar-refractivity contribution in [1.82, 2.24) is 0 Å². The molecule has 0 amide bonds. The van der Waals surface area contributed by atoms with E-state index in [2.05, 4.69) is 6.92 Å². The monoisotopic (exact) mass is 758 g/mol. The van der Waals surface area contributed by atoms with Crippen LogP contribution in [0.1, 0.15) is 121 Å². The molecule has 0 saturated heterocycles. The van der Waals surface area contributed by atoms with Gasteiger partial charge >= 0.3 is 17.9 Å². The number of esters is 3. The molecule has 0 aromatic heterocycles. The molecule has 0 radical (unpaired) electrons. The van der Waals surface area contributed by atoms with Crippen LogP contribution in [0.25, 0.3) is 0 Å². The molecule has 0 N–H and O–H groups in total. The lowest BCUT2D eigenvalue weighted by Crippen LogP contribution is -2.50. The van der Waals surface area contributed by atoms with Crippen LogP contribution in [0.3, 0.4) is 0 Å². The number of ether oxygens (including phenoxy) is 5. The lowest BCUT2D eigenvalue weighted by Gasteiger charge is -2.52. The van der Waals surface area contributed by atoms with E-state index < -0.39 is 11.9 Å². The van der Waals surface area contributed by atoms with Crippen molar-refractivity contribution >= 4 is 17.9 Å². The molecule has 294 valence electrons. The van der Waals surface area contributed by atoms with Crippen LogP contribution in [-0.4, -0.2) is 37.2 Å². The fourth-order valence-electron chi connectivity index (χ4n) is 10.7. The third-order valence-corrected chi connectivity index (χ3v) is 13.3. The van der Waals surface area contributed by atoms with Crippen LogP contribution in [-0.2, 0) is 20.6 Å². The fourth-order valence-corrected chi connectivity index (χ4v) is 10.7. The highest BCUT2D eigenvalue weighted by molar-refractivity contribution is 5.93. The summed E-state index contributed by atoms with van der Waals surface area (Å²) in [4.78, 5) is 39.1. The minimum atomic E-state index is -0.560. The zero-order chi connectivity index (χ0) is 38.6. The van der Waals surface area contributed by atoms with Crippen molar-refractivity contribution in [3.8, 4) is 11.5 Å². The maximum Gasteiger partial charge on any atom is 0.343 e. The average Bonchev–Trinajstić information content (AvgIpc) is 3.63. The van der Waals surface area contributed by atoms with E-state index in [0.717, 1.165) is 49.7 Å². The Hall–Kier alpha value is -4.85. The number of unbranched alkanes of at least 4 members (excludes halogenated alkanes) is 3. The van der Waals surface area contributed by atoms with Crippen LogP contribution in [0.4, 0.5) is 0 Å². The number of methoxy groups -OCH3 is 1. The van der Waals surface area contributed by atoms with Crippen molar-refractivity contribution in [2.75, 3.05) is 7.11 Å². The number of rotatable bonds is 12. The Bertz CT molecular complexity index is 1930. The van der Waals surface area contributed by atoms with Gasteiger partial charge in [0.05, 0.1) is 30.1 Å². The number of hydrogen-bond donors (Lipinski definition) is 0. The van der Waals surface area contributed by atoms with Gasteiger partial charge in [0.25, 0.3) is 0 Å². The summed E-state index contributed by atoms with van der Waals surface area (Å²) in [6.45, 7) is 2.20. The molecule has 1 heterocycles. The quantitative estimate of drug-likeness (QED) is 0.102. The lowest BCUT2D eigenvalue weighted by atomic mass is 9.56. The van der Waals surface area contributed by atoms with Crippen molar-refractivity contribution in [2.24, 2.45) is 35.5 Å². The summed E-state index contributed by atoms with van der Waals surface area (Å²) in [6.07, 6.45) is 18.6. The van der Waals surface area contributed by atoms with E-state index in [-0.39, 0.29) is 18.2 Å². The second kappa shape index (κ2) is 17.1. The zero-order valence-corrected chi connectivity index (χ0v) is 32.7. The Morgan fingerprint density at radius 1 is 0.679 bits per heavy atom. The molecule has 1 aliphatic heterocycles. The van der Waals surface area contributed by atoms with Gasteiger partial charge in [0.1, 0.15) is 29.5 Å². The molecule has 8 unspecified atom stereocenters. The number of allylic oxidation sites excluding steroid dienone is 1. The molecule has 8 rings (SSSR count). The maximum atomic E-state index is 13.4. The highest BCUT2D eigenvalue weighted by Crippen LogP contribution is 2.63. The molecule has 4 aliphatic carbocycles. The summed E-state index contributed by atoms with van der Waals surface area (Å²) in [6, 6.07) is 20.3. The molecule has 5 aliphatic rings. The average molecular weight is 759 g/mol. The number of hydrogen-bond acceptors (Lipinski definition) is 8. The minimum absolute atomic E-state index is 0.0434. The summed E-state index contributed by atoms with van der Waals surface area (Å²) < 4.78 is 29.6.